The normalized spacial score (nSPS) is 11.8. The third-order valence-electron chi connectivity index (χ3n) is 3.04. The molecule has 1 aromatic carbocycles. The topological polar surface area (TPSA) is 49.8 Å². The van der Waals surface area contributed by atoms with E-state index in [2.05, 4.69) is 0 Å². The molecule has 0 aliphatic carbocycles. The van der Waals surface area contributed by atoms with Crippen molar-refractivity contribution < 1.29 is 5.21 Å². The van der Waals surface area contributed by atoms with E-state index in [0.717, 1.165) is 5.56 Å². The van der Waals surface area contributed by atoms with E-state index in [4.69, 9.17) is 34.8 Å². The van der Waals surface area contributed by atoms with Gasteiger partial charge in [0.2, 0.25) is 0 Å². The van der Waals surface area contributed by atoms with Crippen molar-refractivity contribution in [3.05, 3.63) is 61.4 Å². The number of allylic oxidation sites excluding steroid dienone is 1. The monoisotopic (exact) mass is 395 g/mol. The van der Waals surface area contributed by atoms with Crippen molar-refractivity contribution in [2.75, 3.05) is 13.1 Å². The van der Waals surface area contributed by atoms with Gasteiger partial charge in [0.1, 0.15) is 10.2 Å². The third kappa shape index (κ3) is 6.10. The Bertz CT molecular complexity index is 557. The lowest BCUT2D eigenvalue weighted by Crippen LogP contribution is -2.26. The molecule has 0 unspecified atom stereocenters. The second-order valence-corrected chi connectivity index (χ2v) is 6.74. The maximum atomic E-state index is 11.6. The van der Waals surface area contributed by atoms with E-state index >= 15 is 0 Å². The van der Waals surface area contributed by atoms with Gasteiger partial charge in [0.05, 0.1) is 10.1 Å². The van der Waals surface area contributed by atoms with Gasteiger partial charge in [-0.2, -0.15) is 0 Å². The summed E-state index contributed by atoms with van der Waals surface area (Å²) in [7, 11) is 0. The molecule has 0 saturated heterocycles. The van der Waals surface area contributed by atoms with Gasteiger partial charge in [-0.1, -0.05) is 65.1 Å². The molecule has 0 saturated carbocycles. The second kappa shape index (κ2) is 10.3. The van der Waals surface area contributed by atoms with Crippen LogP contribution in [0.1, 0.15) is 19.4 Å². The Morgan fingerprint density at radius 2 is 1.70 bits per heavy atom. The zero-order chi connectivity index (χ0) is 17.4. The quantitative estimate of drug-likeness (QED) is 0.464. The van der Waals surface area contributed by atoms with Crippen LogP contribution in [0.15, 0.2) is 50.6 Å². The number of hydrogen-bond acceptors (Lipinski definition) is 5. The Labute approximate surface area is 155 Å². The molecule has 0 radical (unpaired) electrons. The van der Waals surface area contributed by atoms with Gasteiger partial charge in [0, 0.05) is 18.8 Å². The fourth-order valence-electron chi connectivity index (χ4n) is 1.90. The first-order valence-electron chi connectivity index (χ1n) is 6.95. The largest absolute Gasteiger partial charge is 0.733 e. The van der Waals surface area contributed by atoms with Crippen LogP contribution in [0.4, 0.5) is 0 Å². The number of halogens is 3. The molecule has 4 nitrogen and oxygen atoms in total. The molecule has 1 N–H and O–H groups in total. The lowest BCUT2D eigenvalue weighted by atomic mass is 10.2. The van der Waals surface area contributed by atoms with Crippen molar-refractivity contribution in [2.45, 2.75) is 19.6 Å². The van der Waals surface area contributed by atoms with Crippen molar-refractivity contribution in [3.8, 4) is 0 Å². The van der Waals surface area contributed by atoms with Crippen LogP contribution in [-0.2, 0) is 5.75 Å². The third-order valence-corrected chi connectivity index (χ3v) is 5.18. The van der Waals surface area contributed by atoms with E-state index < -0.39 is 0 Å². The van der Waals surface area contributed by atoms with Gasteiger partial charge in [-0.25, -0.2) is 0 Å². The molecule has 0 heterocycles. The molecule has 0 aromatic heterocycles. The van der Waals surface area contributed by atoms with E-state index in [-0.39, 0.29) is 20.4 Å². The molecule has 23 heavy (non-hydrogen) atoms. The van der Waals surface area contributed by atoms with E-state index in [1.807, 2.05) is 49.1 Å². The molecule has 8 heteroatoms. The van der Waals surface area contributed by atoms with Crippen molar-refractivity contribution in [2.24, 2.45) is 0 Å². The summed E-state index contributed by atoms with van der Waals surface area (Å²) >= 11 is 18.8. The average molecular weight is 397 g/mol. The van der Waals surface area contributed by atoms with Gasteiger partial charge in [0.15, 0.2) is 0 Å². The van der Waals surface area contributed by atoms with Gasteiger partial charge in [-0.15, -0.1) is 11.8 Å². The van der Waals surface area contributed by atoms with Gasteiger partial charge >= 0.3 is 0 Å². The van der Waals surface area contributed by atoms with Crippen LogP contribution in [0.2, 0.25) is 0 Å². The lowest BCUT2D eigenvalue weighted by Gasteiger charge is -2.32. The molecule has 0 amide bonds. The number of nitrogens with zero attached hydrogens (tertiary/aromatic N) is 2. The summed E-state index contributed by atoms with van der Waals surface area (Å²) in [6.07, 6.45) is 0. The molecule has 128 valence electrons. The number of benzene rings is 1. The Morgan fingerprint density at radius 1 is 1.13 bits per heavy atom. The second-order valence-electron chi connectivity index (χ2n) is 4.45. The van der Waals surface area contributed by atoms with Gasteiger partial charge in [-0.3, -0.25) is 5.21 Å². The number of hydroxylamine groups is 2. The molecule has 0 aliphatic heterocycles. The molecule has 0 bridgehead atoms. The summed E-state index contributed by atoms with van der Waals surface area (Å²) in [5.41, 5.74) is 0.922. The Balaban J connectivity index is 3.25. The minimum Gasteiger partial charge on any atom is -0.733 e. The minimum atomic E-state index is -0.293. The summed E-state index contributed by atoms with van der Waals surface area (Å²) in [5, 5.41) is 21.1. The SMILES string of the molecule is CCN(CC)/C(SCc1ccccc1)=C(\C(Cl)=C(Cl)Cl)N([O-])O. The van der Waals surface area contributed by atoms with Crippen LogP contribution < -0.4 is 0 Å². The highest BCUT2D eigenvalue weighted by atomic mass is 35.5. The first-order chi connectivity index (χ1) is 10.9. The van der Waals surface area contributed by atoms with Crippen LogP contribution in [-0.4, -0.2) is 28.4 Å². The number of rotatable bonds is 8. The van der Waals surface area contributed by atoms with Crippen molar-refractivity contribution >= 4 is 46.6 Å². The zero-order valence-electron chi connectivity index (χ0n) is 12.8. The molecule has 0 spiro atoms. The summed E-state index contributed by atoms with van der Waals surface area (Å²) in [6.45, 7) is 5.15. The van der Waals surface area contributed by atoms with Crippen LogP contribution >= 0.6 is 46.6 Å². The van der Waals surface area contributed by atoms with E-state index in [1.54, 1.807) is 0 Å². The van der Waals surface area contributed by atoms with Crippen molar-refractivity contribution in [1.82, 2.24) is 10.1 Å². The fourth-order valence-corrected chi connectivity index (χ4v) is 3.55. The first-order valence-corrected chi connectivity index (χ1v) is 9.07. The summed E-state index contributed by atoms with van der Waals surface area (Å²) < 4.78 is -0.276. The predicted molar refractivity (Wildman–Crippen MR) is 99.3 cm³/mol. The van der Waals surface area contributed by atoms with Gasteiger partial charge in [0.25, 0.3) is 0 Å². The fraction of sp³-hybridized carbons (Fsp3) is 0.333. The highest BCUT2D eigenvalue weighted by Crippen LogP contribution is 2.36. The summed E-state index contributed by atoms with van der Waals surface area (Å²) in [5.74, 6) is 0.605. The average Bonchev–Trinajstić information content (AvgIpc) is 2.53. The van der Waals surface area contributed by atoms with Crippen LogP contribution in [0.25, 0.3) is 0 Å². The van der Waals surface area contributed by atoms with Crippen molar-refractivity contribution in [1.29, 1.82) is 0 Å². The van der Waals surface area contributed by atoms with Gasteiger partial charge < -0.3 is 15.3 Å². The Kier molecular flexibility index (Phi) is 9.20. The first kappa shape index (κ1) is 20.5. The zero-order valence-corrected chi connectivity index (χ0v) is 15.9. The van der Waals surface area contributed by atoms with Crippen molar-refractivity contribution in [3.63, 3.8) is 0 Å². The molecule has 1 rings (SSSR count). The summed E-state index contributed by atoms with van der Waals surface area (Å²) in [6, 6.07) is 9.76. The predicted octanol–water partition coefficient (Wildman–Crippen LogP) is 5.51. The molecular weight excluding hydrogens is 379 g/mol. The lowest BCUT2D eigenvalue weighted by molar-refractivity contribution is -0.00183. The van der Waals surface area contributed by atoms with Crippen LogP contribution in [0, 0.1) is 5.21 Å². The van der Waals surface area contributed by atoms with E-state index in [0.29, 0.717) is 23.9 Å². The Hall–Kier alpha value is -0.560. The van der Waals surface area contributed by atoms with E-state index in [1.165, 1.54) is 11.8 Å². The Morgan fingerprint density at radius 3 is 2.13 bits per heavy atom. The molecular formula is C15H18Cl3N2O2S-. The van der Waals surface area contributed by atoms with E-state index in [9.17, 15) is 10.4 Å². The van der Waals surface area contributed by atoms with Gasteiger partial charge in [-0.05, 0) is 19.4 Å². The smallest absolute Gasteiger partial charge is 0.127 e. The maximum Gasteiger partial charge on any atom is 0.127 e. The minimum absolute atomic E-state index is 0.156. The summed E-state index contributed by atoms with van der Waals surface area (Å²) in [4.78, 5) is 1.91. The van der Waals surface area contributed by atoms with Crippen LogP contribution in [0.3, 0.4) is 0 Å². The molecule has 0 fully saturated rings. The number of thioether (sulfide) groups is 1. The molecule has 0 atom stereocenters. The standard InChI is InChI=1S/C15H18Cl3N2O2S/c1-3-19(4-2)15(13(20(21)22)12(16)14(17)18)23-10-11-8-6-5-7-9-11/h5-9,21H,3-4,10H2,1-2H3/q-1/b15-13-. The highest BCUT2D eigenvalue weighted by molar-refractivity contribution is 8.02. The molecule has 0 aliphatic rings. The maximum absolute atomic E-state index is 11.6. The van der Waals surface area contributed by atoms with Crippen LogP contribution in [0.5, 0.6) is 0 Å². The molecule has 1 aromatic rings. The highest BCUT2D eigenvalue weighted by Gasteiger charge is 2.19. The number of hydrogen-bond donors (Lipinski definition) is 1.